The minimum Gasteiger partial charge on any atom is -0.486 e. The maximum atomic E-state index is 6.37. The fourth-order valence-corrected chi connectivity index (χ4v) is 4.67. The summed E-state index contributed by atoms with van der Waals surface area (Å²) in [6.07, 6.45) is 0. The average molecular weight is 484 g/mol. The summed E-state index contributed by atoms with van der Waals surface area (Å²) in [5.41, 5.74) is 7.36. The normalized spacial score (nSPS) is 15.2. The zero-order valence-electron chi connectivity index (χ0n) is 10.2. The molecule has 0 amide bonds. The highest BCUT2D eigenvalue weighted by atomic mass is 79.9. The Balaban J connectivity index is 2.00. The van der Waals surface area contributed by atoms with Crippen LogP contribution >= 0.6 is 59.1 Å². The van der Waals surface area contributed by atoms with Crippen LogP contribution in [0.3, 0.4) is 0 Å². The largest absolute Gasteiger partial charge is 0.486 e. The van der Waals surface area contributed by atoms with E-state index >= 15 is 0 Å². The highest BCUT2D eigenvalue weighted by Gasteiger charge is 2.21. The van der Waals surface area contributed by atoms with Gasteiger partial charge in [-0.25, -0.2) is 0 Å². The topological polar surface area (TPSA) is 44.5 Å². The standard InChI is InChI=1S/C13H10Br3NO2S/c14-7-4-10-9(18-1-2-19-10)3-6(7)12(17)11-5-8(15)13(16)20-11/h3-5,12H,1-2,17H2. The smallest absolute Gasteiger partial charge is 0.162 e. The van der Waals surface area contributed by atoms with Crippen molar-refractivity contribution in [3.8, 4) is 11.5 Å². The molecule has 0 spiro atoms. The number of ether oxygens (including phenoxy) is 2. The molecule has 1 aliphatic heterocycles. The lowest BCUT2D eigenvalue weighted by molar-refractivity contribution is 0.171. The molecule has 1 aliphatic rings. The molecule has 0 saturated carbocycles. The van der Waals surface area contributed by atoms with Crippen LogP contribution in [0.1, 0.15) is 16.5 Å². The van der Waals surface area contributed by atoms with Crippen LogP contribution in [0.4, 0.5) is 0 Å². The number of hydrogen-bond donors (Lipinski definition) is 1. The van der Waals surface area contributed by atoms with E-state index in [4.69, 9.17) is 15.2 Å². The van der Waals surface area contributed by atoms with E-state index in [1.165, 1.54) is 0 Å². The molecule has 0 fully saturated rings. The summed E-state index contributed by atoms with van der Waals surface area (Å²) in [5.74, 6) is 1.51. The second-order valence-electron chi connectivity index (χ2n) is 4.27. The molecule has 7 heteroatoms. The lowest BCUT2D eigenvalue weighted by Crippen LogP contribution is -2.17. The number of nitrogens with two attached hydrogens (primary N) is 1. The maximum Gasteiger partial charge on any atom is 0.162 e. The van der Waals surface area contributed by atoms with Crippen molar-refractivity contribution < 1.29 is 9.47 Å². The minimum absolute atomic E-state index is 0.215. The number of thiophene rings is 1. The molecule has 2 heterocycles. The molecule has 0 saturated heterocycles. The number of halogens is 3. The van der Waals surface area contributed by atoms with E-state index in [2.05, 4.69) is 47.8 Å². The van der Waals surface area contributed by atoms with Gasteiger partial charge < -0.3 is 15.2 Å². The van der Waals surface area contributed by atoms with Gasteiger partial charge in [0.25, 0.3) is 0 Å². The summed E-state index contributed by atoms with van der Waals surface area (Å²) in [6.45, 7) is 1.15. The molecular formula is C13H10Br3NO2S. The van der Waals surface area contributed by atoms with Crippen LogP contribution in [0, 0.1) is 0 Å². The summed E-state index contributed by atoms with van der Waals surface area (Å²) >= 11 is 12.2. The predicted octanol–water partition coefficient (Wildman–Crippen LogP) is 4.85. The Kier molecular flexibility index (Phi) is 4.42. The monoisotopic (exact) mass is 481 g/mol. The number of fused-ring (bicyclic) bond motifs is 1. The first-order chi connectivity index (χ1) is 9.56. The van der Waals surface area contributed by atoms with E-state index in [-0.39, 0.29) is 6.04 Å². The van der Waals surface area contributed by atoms with Crippen molar-refractivity contribution in [2.75, 3.05) is 13.2 Å². The first-order valence-corrected chi connectivity index (χ1v) is 9.05. The zero-order chi connectivity index (χ0) is 14.3. The zero-order valence-corrected chi connectivity index (χ0v) is 15.7. The van der Waals surface area contributed by atoms with Gasteiger partial charge in [0.05, 0.1) is 9.83 Å². The highest BCUT2D eigenvalue weighted by Crippen LogP contribution is 2.42. The number of benzene rings is 1. The first kappa shape index (κ1) is 14.8. The molecule has 1 aromatic heterocycles. The summed E-state index contributed by atoms with van der Waals surface area (Å²) in [6, 6.07) is 5.68. The molecule has 2 aromatic rings. The van der Waals surface area contributed by atoms with E-state index in [1.807, 2.05) is 18.2 Å². The molecule has 1 atom stereocenters. The van der Waals surface area contributed by atoms with Crippen LogP contribution in [0.2, 0.25) is 0 Å². The van der Waals surface area contributed by atoms with Gasteiger partial charge in [-0.2, -0.15) is 0 Å². The van der Waals surface area contributed by atoms with Gasteiger partial charge >= 0.3 is 0 Å². The minimum atomic E-state index is -0.215. The molecular weight excluding hydrogens is 474 g/mol. The lowest BCUT2D eigenvalue weighted by atomic mass is 10.1. The van der Waals surface area contributed by atoms with Crippen LogP contribution in [-0.4, -0.2) is 13.2 Å². The molecule has 106 valence electrons. The third kappa shape index (κ3) is 2.78. The maximum absolute atomic E-state index is 6.37. The van der Waals surface area contributed by atoms with E-state index in [0.29, 0.717) is 13.2 Å². The average Bonchev–Trinajstić information content (AvgIpc) is 2.77. The Bertz CT molecular complexity index is 640. The van der Waals surface area contributed by atoms with Crippen LogP contribution in [0.25, 0.3) is 0 Å². The molecule has 2 N–H and O–H groups in total. The van der Waals surface area contributed by atoms with Gasteiger partial charge in [0.1, 0.15) is 13.2 Å². The summed E-state index contributed by atoms with van der Waals surface area (Å²) in [7, 11) is 0. The molecule has 0 aliphatic carbocycles. The number of hydrogen-bond acceptors (Lipinski definition) is 4. The van der Waals surface area contributed by atoms with E-state index in [0.717, 1.165) is 34.7 Å². The van der Waals surface area contributed by atoms with Gasteiger partial charge in [-0.15, -0.1) is 11.3 Å². The molecule has 0 radical (unpaired) electrons. The van der Waals surface area contributed by atoms with Crippen molar-refractivity contribution in [3.05, 3.63) is 41.4 Å². The van der Waals surface area contributed by atoms with Gasteiger partial charge in [-0.05, 0) is 55.6 Å². The second kappa shape index (κ2) is 5.96. The van der Waals surface area contributed by atoms with Crippen LogP contribution in [-0.2, 0) is 0 Å². The number of rotatable bonds is 2. The molecule has 0 bridgehead atoms. The summed E-state index contributed by atoms with van der Waals surface area (Å²) in [5, 5.41) is 0. The van der Waals surface area contributed by atoms with Crippen molar-refractivity contribution in [2.45, 2.75) is 6.04 Å². The molecule has 20 heavy (non-hydrogen) atoms. The predicted molar refractivity (Wildman–Crippen MR) is 90.9 cm³/mol. The fourth-order valence-electron chi connectivity index (χ4n) is 1.99. The third-order valence-corrected chi connectivity index (χ3v) is 6.99. The Labute approximate surface area is 145 Å². The van der Waals surface area contributed by atoms with Crippen LogP contribution in [0.5, 0.6) is 11.5 Å². The van der Waals surface area contributed by atoms with Gasteiger partial charge in [0.15, 0.2) is 11.5 Å². The lowest BCUT2D eigenvalue weighted by Gasteiger charge is -2.21. The fraction of sp³-hybridized carbons (Fsp3) is 0.231. The van der Waals surface area contributed by atoms with E-state index in [1.54, 1.807) is 11.3 Å². The SMILES string of the molecule is NC(c1cc(Br)c(Br)s1)c1cc2c(cc1Br)OCCO2. The highest BCUT2D eigenvalue weighted by molar-refractivity contribution is 9.13. The third-order valence-electron chi connectivity index (χ3n) is 2.97. The van der Waals surface area contributed by atoms with E-state index in [9.17, 15) is 0 Å². The van der Waals surface area contributed by atoms with Gasteiger partial charge in [0, 0.05) is 13.8 Å². The summed E-state index contributed by atoms with van der Waals surface area (Å²) < 4.78 is 14.2. The Morgan fingerprint density at radius 1 is 1.00 bits per heavy atom. The molecule has 1 unspecified atom stereocenters. The van der Waals surface area contributed by atoms with E-state index < -0.39 is 0 Å². The molecule has 3 rings (SSSR count). The second-order valence-corrected chi connectivity index (χ2v) is 8.38. The van der Waals surface area contributed by atoms with Gasteiger partial charge in [-0.3, -0.25) is 0 Å². The van der Waals surface area contributed by atoms with Crippen LogP contribution < -0.4 is 15.2 Å². The Hall–Kier alpha value is -0.0800. The Morgan fingerprint density at radius 3 is 2.25 bits per heavy atom. The summed E-state index contributed by atoms with van der Waals surface area (Å²) in [4.78, 5) is 1.07. The molecule has 3 nitrogen and oxygen atoms in total. The van der Waals surface area contributed by atoms with Gasteiger partial charge in [0.2, 0.25) is 0 Å². The Morgan fingerprint density at radius 2 is 1.65 bits per heavy atom. The molecule has 1 aromatic carbocycles. The van der Waals surface area contributed by atoms with Crippen molar-refractivity contribution in [2.24, 2.45) is 5.73 Å². The van der Waals surface area contributed by atoms with Crippen LogP contribution in [0.15, 0.2) is 30.9 Å². The quantitative estimate of drug-likeness (QED) is 0.663. The van der Waals surface area contributed by atoms with Crippen molar-refractivity contribution in [1.29, 1.82) is 0 Å². The first-order valence-electron chi connectivity index (χ1n) is 5.85. The van der Waals surface area contributed by atoms with Gasteiger partial charge in [-0.1, -0.05) is 15.9 Å². The van der Waals surface area contributed by atoms with Crippen molar-refractivity contribution in [1.82, 2.24) is 0 Å². The van der Waals surface area contributed by atoms with Crippen molar-refractivity contribution >= 4 is 59.1 Å². The van der Waals surface area contributed by atoms with Crippen molar-refractivity contribution in [3.63, 3.8) is 0 Å².